The van der Waals surface area contributed by atoms with Crippen molar-refractivity contribution >= 4 is 76.9 Å². The van der Waals surface area contributed by atoms with E-state index in [1.165, 1.54) is 61.7 Å². The number of likely N-dealkylation sites (N-methyl/N-ethyl adjacent to an activating group) is 3. The fourth-order valence-electron chi connectivity index (χ4n) is 12.3. The third kappa shape index (κ3) is 20.1. The van der Waals surface area contributed by atoms with Gasteiger partial charge in [0.25, 0.3) is 5.91 Å². The summed E-state index contributed by atoms with van der Waals surface area (Å²) in [7, 11) is 5.58. The number of rotatable bonds is 22. The van der Waals surface area contributed by atoms with Crippen LogP contribution in [-0.2, 0) is 78.2 Å². The fraction of sp³-hybridized carbons (Fsp3) is 0.708. The number of aliphatic hydroxyl groups excluding tert-OH is 1. The molecule has 4 aliphatic rings. The molecule has 4 heterocycles. The predicted octanol–water partition coefficient (Wildman–Crippen LogP) is 0.606. The maximum absolute atomic E-state index is 15.2. The van der Waals surface area contributed by atoms with Gasteiger partial charge in [0.1, 0.15) is 66.2 Å². The number of likely N-dealkylation sites (tertiary alicyclic amines) is 1. The van der Waals surface area contributed by atoms with Crippen molar-refractivity contribution in [1.82, 2.24) is 51.1 Å². The maximum Gasteiger partial charge on any atom is 0.329 e. The normalized spacial score (nSPS) is 26.0. The first kappa shape index (κ1) is 75.8. The van der Waals surface area contributed by atoms with Gasteiger partial charge in [-0.2, -0.15) is 0 Å². The molecule has 1 aromatic carbocycles. The van der Waals surface area contributed by atoms with Gasteiger partial charge >= 0.3 is 11.9 Å². The number of hydrogen-bond acceptors (Lipinski definition) is 17. The minimum atomic E-state index is -1.82. The van der Waals surface area contributed by atoms with E-state index in [4.69, 9.17) is 19.9 Å². The average molecular weight is 1310 g/mol. The summed E-state index contributed by atoms with van der Waals surface area (Å²) in [5, 5.41) is 25.4. The first-order valence-corrected chi connectivity index (χ1v) is 32.6. The lowest BCUT2D eigenvalue weighted by Gasteiger charge is -2.37. The monoisotopic (exact) mass is 1310 g/mol. The van der Waals surface area contributed by atoms with Crippen LogP contribution in [-0.4, -0.2) is 227 Å². The minimum Gasteiger partial charge on any atom is -0.497 e. The van der Waals surface area contributed by atoms with Crippen LogP contribution in [0, 0.1) is 23.7 Å². The molecule has 4 saturated heterocycles. The van der Waals surface area contributed by atoms with Crippen molar-refractivity contribution < 1.29 is 81.6 Å². The predicted molar refractivity (Wildman–Crippen MR) is 338 cm³/mol. The average Bonchev–Trinajstić information content (AvgIpc) is 1.84. The molecule has 14 atom stereocenters. The number of esters is 2. The van der Waals surface area contributed by atoms with Crippen LogP contribution < -0.4 is 37.1 Å². The highest BCUT2D eigenvalue weighted by Gasteiger charge is 2.47. The van der Waals surface area contributed by atoms with Crippen LogP contribution in [0.25, 0.3) is 0 Å². The Kier molecular flexibility index (Phi) is 28.0. The molecule has 8 N–H and O–H groups in total. The molecular formula is C65H101N11O17. The number of aliphatic hydroxyl groups is 1. The Balaban J connectivity index is 1.53. The molecule has 28 nitrogen and oxygen atoms in total. The molecule has 0 saturated carbocycles. The van der Waals surface area contributed by atoms with Crippen molar-refractivity contribution in [2.24, 2.45) is 29.4 Å². The molecule has 0 radical (unpaired) electrons. The number of nitrogens with zero attached hydrogens (tertiary/aromatic N) is 5. The van der Waals surface area contributed by atoms with Crippen LogP contribution in [0.2, 0.25) is 0 Å². The van der Waals surface area contributed by atoms with Gasteiger partial charge in [0, 0.05) is 53.5 Å². The Morgan fingerprint density at radius 3 is 2.06 bits per heavy atom. The number of ether oxygens (including phenoxy) is 3. The molecule has 518 valence electrons. The summed E-state index contributed by atoms with van der Waals surface area (Å²) < 4.78 is 17.4. The molecule has 4 aliphatic heterocycles. The molecule has 4 fully saturated rings. The number of nitrogens with two attached hydrogens (primary N) is 1. The summed E-state index contributed by atoms with van der Waals surface area (Å²) >= 11 is 0. The van der Waals surface area contributed by atoms with E-state index in [9.17, 15) is 53.1 Å². The number of hydrogen-bond donors (Lipinski definition) is 7. The second-order valence-electron chi connectivity index (χ2n) is 26.5. The van der Waals surface area contributed by atoms with Crippen molar-refractivity contribution in [3.63, 3.8) is 0 Å². The van der Waals surface area contributed by atoms with Crippen molar-refractivity contribution in [3.05, 3.63) is 29.8 Å². The number of carbonyl (C=O) groups excluding carboxylic acids is 13. The van der Waals surface area contributed by atoms with Gasteiger partial charge in [-0.25, -0.2) is 4.79 Å². The number of carbonyl (C=O) groups is 13. The number of amides is 11. The number of nitrogens with one attached hydrogen (secondary N) is 5. The summed E-state index contributed by atoms with van der Waals surface area (Å²) in [5.41, 5.74) is 5.97. The van der Waals surface area contributed by atoms with Gasteiger partial charge in [0.2, 0.25) is 59.1 Å². The van der Waals surface area contributed by atoms with Gasteiger partial charge in [-0.05, 0) is 107 Å². The van der Waals surface area contributed by atoms with Crippen molar-refractivity contribution in [2.75, 3.05) is 41.3 Å². The lowest BCUT2D eigenvalue weighted by Crippen LogP contribution is -2.62. The number of fused-ring (bicyclic) bond motifs is 1. The lowest BCUT2D eigenvalue weighted by atomic mass is 9.92. The zero-order valence-corrected chi connectivity index (χ0v) is 56.5. The van der Waals surface area contributed by atoms with E-state index in [1.807, 2.05) is 13.8 Å². The maximum atomic E-state index is 15.2. The molecule has 0 aliphatic carbocycles. The van der Waals surface area contributed by atoms with Crippen LogP contribution in [0.4, 0.5) is 0 Å². The first-order chi connectivity index (χ1) is 43.7. The third-order valence-corrected chi connectivity index (χ3v) is 18.2. The molecule has 5 rings (SSSR count). The Hall–Kier alpha value is -7.91. The molecule has 93 heavy (non-hydrogen) atoms. The van der Waals surface area contributed by atoms with Crippen molar-refractivity contribution in [3.8, 4) is 5.75 Å². The zero-order chi connectivity index (χ0) is 69.5. The quantitative estimate of drug-likeness (QED) is 0.0782. The number of methoxy groups -OCH3 is 1. The highest BCUT2D eigenvalue weighted by Crippen LogP contribution is 2.28. The number of primary amides is 1. The SMILES string of the molecule is CC[C@H](C)[C@@H]1NC(=O)[C@H](NC(=O)[C@@H](CC(C)C)N(C)C(=O)[C@@H]2CCCN2C(=O)[C@H](C)N(C)C(=O)[C@@H](CCC(N)=O)NC(=O)C2CCC(=O)N2)[C@H](C)OC(=O)[C@H](Cc2ccc(OC)cc2)N(C)C(=O)[C@@H]2CCCN2C(=O)[C@H](CC(C)C)NC(=O)[C@H](C(C)C)OC(=O)C[C@@H]1O. The molecule has 0 bridgehead atoms. The number of cyclic esters (lactones) is 2. The Bertz CT molecular complexity index is 2870. The van der Waals surface area contributed by atoms with Gasteiger partial charge in [-0.3, -0.25) is 57.5 Å². The second-order valence-corrected chi connectivity index (χ2v) is 26.5. The first-order valence-electron chi connectivity index (χ1n) is 32.6. The summed E-state index contributed by atoms with van der Waals surface area (Å²) in [4.78, 5) is 190. The minimum absolute atomic E-state index is 0.00466. The summed E-state index contributed by atoms with van der Waals surface area (Å²) in [5.74, 6) is -10.8. The second kappa shape index (κ2) is 34.3. The van der Waals surface area contributed by atoms with Crippen LogP contribution in [0.3, 0.4) is 0 Å². The van der Waals surface area contributed by atoms with Gasteiger partial charge in [-0.1, -0.05) is 73.9 Å². The van der Waals surface area contributed by atoms with E-state index in [0.29, 0.717) is 30.6 Å². The Morgan fingerprint density at radius 2 is 1.48 bits per heavy atom. The smallest absolute Gasteiger partial charge is 0.329 e. The largest absolute Gasteiger partial charge is 0.497 e. The van der Waals surface area contributed by atoms with E-state index >= 15 is 14.4 Å². The van der Waals surface area contributed by atoms with Gasteiger partial charge in [-0.15, -0.1) is 0 Å². The van der Waals surface area contributed by atoms with Crippen molar-refractivity contribution in [2.45, 2.75) is 231 Å². The molecule has 28 heteroatoms. The molecular weight excluding hydrogens is 1210 g/mol. The Morgan fingerprint density at radius 1 is 0.828 bits per heavy atom. The number of benzene rings is 1. The highest BCUT2D eigenvalue weighted by atomic mass is 16.6. The fourth-order valence-corrected chi connectivity index (χ4v) is 12.3. The third-order valence-electron chi connectivity index (χ3n) is 18.2. The van der Waals surface area contributed by atoms with E-state index < -0.39 is 168 Å². The molecule has 1 aromatic rings. The van der Waals surface area contributed by atoms with Gasteiger partial charge in [0.05, 0.1) is 25.7 Å². The summed E-state index contributed by atoms with van der Waals surface area (Å²) in [6.45, 7) is 17.1. The van der Waals surface area contributed by atoms with E-state index in [1.54, 1.807) is 65.8 Å². The molecule has 0 aromatic heterocycles. The summed E-state index contributed by atoms with van der Waals surface area (Å²) in [6, 6.07) is -6.02. The van der Waals surface area contributed by atoms with Crippen LogP contribution >= 0.6 is 0 Å². The van der Waals surface area contributed by atoms with E-state index in [2.05, 4.69) is 26.6 Å². The summed E-state index contributed by atoms with van der Waals surface area (Å²) in [6.07, 6.45) is -4.21. The zero-order valence-electron chi connectivity index (χ0n) is 56.5. The van der Waals surface area contributed by atoms with Crippen LogP contribution in [0.5, 0.6) is 5.75 Å². The Labute approximate surface area is 545 Å². The highest BCUT2D eigenvalue weighted by molar-refractivity contribution is 5.99. The van der Waals surface area contributed by atoms with Gasteiger partial charge < -0.3 is 76.1 Å². The van der Waals surface area contributed by atoms with Gasteiger partial charge in [0.15, 0.2) is 6.10 Å². The van der Waals surface area contributed by atoms with Crippen molar-refractivity contribution in [1.29, 1.82) is 0 Å². The standard InChI is InChI=1S/C65H101N11O17/c1-15-37(8)53-49(77)33-52(80)93-55(36(6)7)59(84)69-44(30-34(2)3)62(87)76-29-17-19-46(76)64(89)74(13)48(32-40-20-22-41(91-14)23-21-40)65(90)92-39(10)54(58(83)70-53)71-57(82)47(31-35(4)5)73(12)63(88)45-18-16-28-75(45)60(85)38(9)72(11)61(86)43(24-26-50(66)78)68-56(81)42-25-27-51(79)67-42/h20-23,34-39,42-49,53-55,77H,15-19,24-33H2,1-14H3,(H2,66,78)(H,67,79)(H,68,81)(H,69,84)(H,70,83)(H,71,82)/t37-,38-,39-,42?,43+,44-,45-,46-,47+,48-,49-,53-,54+,55-/m0/s1. The molecule has 1 unspecified atom stereocenters. The van der Waals surface area contributed by atoms with E-state index in [0.717, 1.165) is 4.90 Å². The van der Waals surface area contributed by atoms with Crippen LogP contribution in [0.15, 0.2) is 24.3 Å². The van der Waals surface area contributed by atoms with E-state index in [-0.39, 0.29) is 88.6 Å². The topological polar surface area (TPSA) is 372 Å². The molecule has 11 amide bonds. The lowest BCUT2D eigenvalue weighted by molar-refractivity contribution is -0.162. The molecule has 0 spiro atoms. The van der Waals surface area contributed by atoms with Crippen LogP contribution in [0.1, 0.15) is 152 Å².